The number of imide groups is 2. The molecule has 9 nitrogen and oxygen atoms in total. The van der Waals surface area contributed by atoms with Crippen LogP contribution in [0.25, 0.3) is 6.08 Å². The summed E-state index contributed by atoms with van der Waals surface area (Å²) in [5.41, 5.74) is 1.82. The highest BCUT2D eigenvalue weighted by molar-refractivity contribution is 6.39. The van der Waals surface area contributed by atoms with E-state index in [1.54, 1.807) is 42.5 Å². The number of esters is 1. The first-order valence-corrected chi connectivity index (χ1v) is 10.8. The first kappa shape index (κ1) is 24.2. The predicted molar refractivity (Wildman–Crippen MR) is 131 cm³/mol. The van der Waals surface area contributed by atoms with Crippen molar-refractivity contribution in [2.24, 2.45) is 0 Å². The van der Waals surface area contributed by atoms with Crippen molar-refractivity contribution >= 4 is 35.6 Å². The first-order valence-electron chi connectivity index (χ1n) is 10.8. The molecule has 0 aliphatic carbocycles. The smallest absolute Gasteiger partial charge is 0.343 e. The second-order valence-corrected chi connectivity index (χ2v) is 7.82. The summed E-state index contributed by atoms with van der Waals surface area (Å²) in [7, 11) is 2.90. The van der Waals surface area contributed by atoms with Crippen LogP contribution in [0.5, 0.6) is 17.2 Å². The molecular formula is C27H22N2O7. The number of aryl methyl sites for hydroxylation is 1. The van der Waals surface area contributed by atoms with Gasteiger partial charge in [-0.05, 0) is 67.1 Å². The van der Waals surface area contributed by atoms with Gasteiger partial charge in [-0.3, -0.25) is 14.9 Å². The van der Waals surface area contributed by atoms with Gasteiger partial charge in [0.25, 0.3) is 11.8 Å². The molecular weight excluding hydrogens is 464 g/mol. The number of anilines is 1. The molecule has 1 fully saturated rings. The van der Waals surface area contributed by atoms with E-state index in [0.29, 0.717) is 16.9 Å². The highest BCUT2D eigenvalue weighted by Crippen LogP contribution is 2.31. The molecule has 4 rings (SSSR count). The number of barbiturate groups is 1. The summed E-state index contributed by atoms with van der Waals surface area (Å²) in [5, 5.41) is 2.17. The zero-order valence-electron chi connectivity index (χ0n) is 19.7. The number of ether oxygens (including phenoxy) is 3. The van der Waals surface area contributed by atoms with Gasteiger partial charge < -0.3 is 14.2 Å². The van der Waals surface area contributed by atoms with E-state index in [-0.39, 0.29) is 22.8 Å². The van der Waals surface area contributed by atoms with Crippen LogP contribution in [-0.2, 0) is 9.59 Å². The molecule has 0 spiro atoms. The average molecular weight is 486 g/mol. The van der Waals surface area contributed by atoms with E-state index in [0.717, 1.165) is 10.5 Å². The molecule has 1 saturated heterocycles. The fourth-order valence-electron chi connectivity index (χ4n) is 3.50. The molecule has 1 N–H and O–H groups in total. The number of urea groups is 1. The number of nitrogens with zero attached hydrogens (tertiary/aromatic N) is 1. The summed E-state index contributed by atoms with van der Waals surface area (Å²) < 4.78 is 15.9. The van der Waals surface area contributed by atoms with Crippen LogP contribution in [0.2, 0.25) is 0 Å². The topological polar surface area (TPSA) is 111 Å². The van der Waals surface area contributed by atoms with Gasteiger partial charge in [0.05, 0.1) is 25.5 Å². The van der Waals surface area contributed by atoms with Gasteiger partial charge in [0, 0.05) is 0 Å². The van der Waals surface area contributed by atoms with Crippen LogP contribution in [0, 0.1) is 6.92 Å². The Kier molecular flexibility index (Phi) is 6.82. The Morgan fingerprint density at radius 2 is 1.56 bits per heavy atom. The van der Waals surface area contributed by atoms with E-state index in [2.05, 4.69) is 5.32 Å². The van der Waals surface area contributed by atoms with Crippen LogP contribution in [0.15, 0.2) is 72.3 Å². The summed E-state index contributed by atoms with van der Waals surface area (Å²) in [4.78, 5) is 51.3. The zero-order chi connectivity index (χ0) is 25.8. The molecule has 1 aliphatic rings. The molecule has 9 heteroatoms. The lowest BCUT2D eigenvalue weighted by atomic mass is 10.1. The molecule has 36 heavy (non-hydrogen) atoms. The minimum absolute atomic E-state index is 0.166. The van der Waals surface area contributed by atoms with Crippen molar-refractivity contribution in [3.05, 3.63) is 89.0 Å². The molecule has 3 aromatic rings. The van der Waals surface area contributed by atoms with Crippen molar-refractivity contribution in [3.63, 3.8) is 0 Å². The quantitative estimate of drug-likeness (QED) is 0.243. The molecule has 0 saturated carbocycles. The van der Waals surface area contributed by atoms with Crippen molar-refractivity contribution in [1.82, 2.24) is 5.32 Å². The van der Waals surface area contributed by atoms with Crippen LogP contribution in [-0.4, -0.2) is 38.0 Å². The molecule has 0 radical (unpaired) electrons. The van der Waals surface area contributed by atoms with Gasteiger partial charge in [0.15, 0.2) is 11.5 Å². The van der Waals surface area contributed by atoms with Crippen LogP contribution in [0.1, 0.15) is 21.5 Å². The molecule has 1 heterocycles. The maximum Gasteiger partial charge on any atom is 0.343 e. The lowest BCUT2D eigenvalue weighted by molar-refractivity contribution is -0.122. The number of benzene rings is 3. The Morgan fingerprint density at radius 1 is 0.861 bits per heavy atom. The number of hydrogen-bond donors (Lipinski definition) is 1. The Hall–Kier alpha value is -4.92. The highest BCUT2D eigenvalue weighted by atomic mass is 16.6. The Labute approximate surface area is 206 Å². The minimum Gasteiger partial charge on any atom is -0.497 e. The highest BCUT2D eigenvalue weighted by Gasteiger charge is 2.36. The standard InChI is InChI=1S/C27H22N2O7/c1-16-4-7-18(8-5-16)26(32)36-22-13-6-17(15-23(22)35-3)14-21-24(30)28-27(33)29(25(21)31)19-9-11-20(34-2)12-10-19/h4-15H,1-3H3,(H,28,30,33)/b21-14+. The third kappa shape index (κ3) is 4.95. The van der Waals surface area contributed by atoms with Gasteiger partial charge in [0.1, 0.15) is 11.3 Å². The van der Waals surface area contributed by atoms with Crippen LogP contribution < -0.4 is 24.4 Å². The van der Waals surface area contributed by atoms with E-state index < -0.39 is 23.8 Å². The number of carbonyl (C=O) groups is 4. The molecule has 0 bridgehead atoms. The SMILES string of the molecule is COc1ccc(N2C(=O)NC(=O)/C(=C\c3ccc(OC(=O)c4ccc(C)cc4)c(OC)c3)C2=O)cc1. The van der Waals surface area contributed by atoms with Crippen LogP contribution >= 0.6 is 0 Å². The van der Waals surface area contributed by atoms with Gasteiger partial charge in [-0.1, -0.05) is 23.8 Å². The number of hydrogen-bond acceptors (Lipinski definition) is 7. The number of rotatable bonds is 6. The maximum absolute atomic E-state index is 13.1. The third-order valence-electron chi connectivity index (χ3n) is 5.42. The van der Waals surface area contributed by atoms with Crippen molar-refractivity contribution in [2.45, 2.75) is 6.92 Å². The molecule has 0 unspecified atom stereocenters. The first-order chi connectivity index (χ1) is 17.3. The molecule has 3 aromatic carbocycles. The molecule has 4 amide bonds. The number of nitrogens with one attached hydrogen (secondary N) is 1. The van der Waals surface area contributed by atoms with Gasteiger partial charge in [-0.25, -0.2) is 14.5 Å². The third-order valence-corrected chi connectivity index (χ3v) is 5.42. The predicted octanol–water partition coefficient (Wildman–Crippen LogP) is 3.90. The van der Waals surface area contributed by atoms with Crippen molar-refractivity contribution in [1.29, 1.82) is 0 Å². The Morgan fingerprint density at radius 3 is 2.19 bits per heavy atom. The lowest BCUT2D eigenvalue weighted by Crippen LogP contribution is -2.54. The van der Waals surface area contributed by atoms with E-state index >= 15 is 0 Å². The second kappa shape index (κ2) is 10.1. The second-order valence-electron chi connectivity index (χ2n) is 7.82. The molecule has 1 aliphatic heterocycles. The normalized spacial score (nSPS) is 14.5. The van der Waals surface area contributed by atoms with Gasteiger partial charge in [-0.2, -0.15) is 0 Å². The average Bonchev–Trinajstić information content (AvgIpc) is 2.88. The zero-order valence-corrected chi connectivity index (χ0v) is 19.7. The number of methoxy groups -OCH3 is 2. The van der Waals surface area contributed by atoms with Gasteiger partial charge in [-0.15, -0.1) is 0 Å². The minimum atomic E-state index is -0.858. The van der Waals surface area contributed by atoms with E-state index in [1.165, 1.54) is 44.6 Å². The van der Waals surface area contributed by atoms with Crippen molar-refractivity contribution in [2.75, 3.05) is 19.1 Å². The maximum atomic E-state index is 13.1. The monoisotopic (exact) mass is 486 g/mol. The summed E-state index contributed by atoms with van der Waals surface area (Å²) in [5.74, 6) is -1.25. The fourth-order valence-corrected chi connectivity index (χ4v) is 3.50. The summed E-state index contributed by atoms with van der Waals surface area (Å²) in [6.45, 7) is 1.91. The van der Waals surface area contributed by atoms with E-state index in [4.69, 9.17) is 14.2 Å². The van der Waals surface area contributed by atoms with Crippen LogP contribution in [0.3, 0.4) is 0 Å². The largest absolute Gasteiger partial charge is 0.497 e. The molecule has 0 atom stereocenters. The fraction of sp³-hybridized carbons (Fsp3) is 0.111. The molecule has 182 valence electrons. The molecule has 0 aromatic heterocycles. The van der Waals surface area contributed by atoms with Crippen molar-refractivity contribution in [3.8, 4) is 17.2 Å². The Bertz CT molecular complexity index is 1380. The number of amides is 4. The summed E-state index contributed by atoms with van der Waals surface area (Å²) >= 11 is 0. The van der Waals surface area contributed by atoms with Gasteiger partial charge >= 0.3 is 12.0 Å². The van der Waals surface area contributed by atoms with Gasteiger partial charge in [0.2, 0.25) is 0 Å². The van der Waals surface area contributed by atoms with Crippen molar-refractivity contribution < 1.29 is 33.4 Å². The summed E-state index contributed by atoms with van der Waals surface area (Å²) in [6, 6.07) is 16.9. The van der Waals surface area contributed by atoms with E-state index in [1.807, 2.05) is 6.92 Å². The lowest BCUT2D eigenvalue weighted by Gasteiger charge is -2.26. The van der Waals surface area contributed by atoms with E-state index in [9.17, 15) is 19.2 Å². The summed E-state index contributed by atoms with van der Waals surface area (Å²) in [6.07, 6.45) is 1.33. The Balaban J connectivity index is 1.60. The van der Waals surface area contributed by atoms with Crippen LogP contribution in [0.4, 0.5) is 10.5 Å². The number of carbonyl (C=O) groups excluding carboxylic acids is 4.